The van der Waals surface area contributed by atoms with E-state index in [1.54, 1.807) is 12.4 Å². The molecule has 2 unspecified atom stereocenters. The molecule has 86 valence electrons. The van der Waals surface area contributed by atoms with E-state index in [0.717, 1.165) is 18.9 Å². The maximum absolute atomic E-state index is 5.97. The standard InChI is InChI=1S/C11H14ClN3O/c12-10-11(14-5-4-13-10)15-8-3-6-16-9(8)7-1-2-7/h4-5,7-9H,1-3,6H2,(H,14,15). The highest BCUT2D eigenvalue weighted by atomic mass is 35.5. The van der Waals surface area contributed by atoms with Crippen LogP contribution in [0.2, 0.25) is 5.15 Å². The Bertz CT molecular complexity index is 383. The normalized spacial score (nSPS) is 29.3. The van der Waals surface area contributed by atoms with Crippen molar-refractivity contribution in [1.82, 2.24) is 9.97 Å². The largest absolute Gasteiger partial charge is 0.376 e. The first-order valence-electron chi connectivity index (χ1n) is 5.69. The average Bonchev–Trinajstić information content (AvgIpc) is 3.03. The third kappa shape index (κ3) is 1.99. The van der Waals surface area contributed by atoms with Crippen molar-refractivity contribution < 1.29 is 4.74 Å². The van der Waals surface area contributed by atoms with E-state index in [0.29, 0.717) is 23.1 Å². The van der Waals surface area contributed by atoms with Gasteiger partial charge in [-0.05, 0) is 25.2 Å². The molecule has 2 aliphatic rings. The van der Waals surface area contributed by atoms with E-state index in [1.165, 1.54) is 12.8 Å². The van der Waals surface area contributed by atoms with Crippen LogP contribution in [-0.4, -0.2) is 28.7 Å². The third-order valence-corrected chi connectivity index (χ3v) is 3.47. The van der Waals surface area contributed by atoms with E-state index < -0.39 is 0 Å². The minimum Gasteiger partial charge on any atom is -0.376 e. The smallest absolute Gasteiger partial charge is 0.171 e. The third-order valence-electron chi connectivity index (χ3n) is 3.20. The van der Waals surface area contributed by atoms with E-state index in [4.69, 9.17) is 16.3 Å². The maximum Gasteiger partial charge on any atom is 0.171 e. The first-order valence-corrected chi connectivity index (χ1v) is 6.07. The van der Waals surface area contributed by atoms with Gasteiger partial charge in [0.2, 0.25) is 0 Å². The molecule has 0 spiro atoms. The van der Waals surface area contributed by atoms with E-state index in [-0.39, 0.29) is 0 Å². The Balaban J connectivity index is 1.71. The molecule has 3 rings (SSSR count). The zero-order valence-electron chi connectivity index (χ0n) is 8.90. The van der Waals surface area contributed by atoms with Crippen LogP contribution in [0.3, 0.4) is 0 Å². The number of hydrogen-bond donors (Lipinski definition) is 1. The van der Waals surface area contributed by atoms with Gasteiger partial charge in [0.05, 0.1) is 12.1 Å². The minimum atomic E-state index is 0.332. The lowest BCUT2D eigenvalue weighted by Crippen LogP contribution is -2.31. The second-order valence-electron chi connectivity index (χ2n) is 4.41. The highest BCUT2D eigenvalue weighted by Crippen LogP contribution is 2.39. The van der Waals surface area contributed by atoms with Crippen molar-refractivity contribution >= 4 is 17.4 Å². The molecule has 2 fully saturated rings. The first kappa shape index (κ1) is 10.3. The molecule has 5 heteroatoms. The van der Waals surface area contributed by atoms with Gasteiger partial charge in [-0.25, -0.2) is 9.97 Å². The molecule has 0 bridgehead atoms. The minimum absolute atomic E-state index is 0.332. The van der Waals surface area contributed by atoms with Crippen LogP contribution < -0.4 is 5.32 Å². The Morgan fingerprint density at radius 3 is 2.81 bits per heavy atom. The van der Waals surface area contributed by atoms with Gasteiger partial charge in [-0.1, -0.05) is 11.6 Å². The molecule has 0 aromatic carbocycles. The molecule has 0 radical (unpaired) electrons. The highest BCUT2D eigenvalue weighted by molar-refractivity contribution is 6.31. The Kier molecular flexibility index (Phi) is 2.69. The van der Waals surface area contributed by atoms with Gasteiger partial charge < -0.3 is 10.1 Å². The molecule has 2 atom stereocenters. The van der Waals surface area contributed by atoms with Crippen LogP contribution in [0.4, 0.5) is 5.82 Å². The second-order valence-corrected chi connectivity index (χ2v) is 4.77. The summed E-state index contributed by atoms with van der Waals surface area (Å²) in [7, 11) is 0. The quantitative estimate of drug-likeness (QED) is 0.878. The summed E-state index contributed by atoms with van der Waals surface area (Å²) in [6, 6.07) is 0.335. The Labute approximate surface area is 99.4 Å². The number of anilines is 1. The first-order chi connectivity index (χ1) is 7.84. The van der Waals surface area contributed by atoms with E-state index >= 15 is 0 Å². The van der Waals surface area contributed by atoms with Crippen molar-refractivity contribution in [3.8, 4) is 0 Å². The number of hydrogen-bond acceptors (Lipinski definition) is 4. The summed E-state index contributed by atoms with van der Waals surface area (Å²) in [6.07, 6.45) is 7.17. The van der Waals surface area contributed by atoms with Gasteiger partial charge in [0.25, 0.3) is 0 Å². The topological polar surface area (TPSA) is 47.0 Å². The van der Waals surface area contributed by atoms with Gasteiger partial charge in [-0.3, -0.25) is 0 Å². The van der Waals surface area contributed by atoms with Gasteiger partial charge in [0, 0.05) is 19.0 Å². The SMILES string of the molecule is Clc1nccnc1NC1CCOC1C1CC1. The van der Waals surface area contributed by atoms with Gasteiger partial charge in [0.15, 0.2) is 11.0 Å². The zero-order chi connectivity index (χ0) is 11.0. The lowest BCUT2D eigenvalue weighted by molar-refractivity contribution is 0.0898. The van der Waals surface area contributed by atoms with Crippen molar-refractivity contribution in [2.75, 3.05) is 11.9 Å². The summed E-state index contributed by atoms with van der Waals surface area (Å²) in [5.41, 5.74) is 0. The van der Waals surface area contributed by atoms with E-state index in [9.17, 15) is 0 Å². The van der Waals surface area contributed by atoms with Crippen molar-refractivity contribution in [3.63, 3.8) is 0 Å². The monoisotopic (exact) mass is 239 g/mol. The fraction of sp³-hybridized carbons (Fsp3) is 0.636. The number of nitrogens with zero attached hydrogens (tertiary/aromatic N) is 2. The number of aromatic nitrogens is 2. The molecule has 1 aliphatic carbocycles. The second kappa shape index (κ2) is 4.18. The van der Waals surface area contributed by atoms with E-state index in [1.807, 2.05) is 0 Å². The summed E-state index contributed by atoms with van der Waals surface area (Å²) in [5, 5.41) is 3.78. The highest BCUT2D eigenvalue weighted by Gasteiger charge is 2.40. The summed E-state index contributed by atoms with van der Waals surface area (Å²) >= 11 is 5.97. The van der Waals surface area contributed by atoms with Crippen molar-refractivity contribution in [2.24, 2.45) is 5.92 Å². The van der Waals surface area contributed by atoms with Crippen LogP contribution in [0.5, 0.6) is 0 Å². The van der Waals surface area contributed by atoms with Crippen LogP contribution in [-0.2, 0) is 4.74 Å². The van der Waals surface area contributed by atoms with Gasteiger partial charge in [-0.2, -0.15) is 0 Å². The molecular weight excluding hydrogens is 226 g/mol. The summed E-state index contributed by atoms with van der Waals surface area (Å²) in [6.45, 7) is 0.830. The van der Waals surface area contributed by atoms with Crippen molar-refractivity contribution in [2.45, 2.75) is 31.4 Å². The number of rotatable bonds is 3. The van der Waals surface area contributed by atoms with Gasteiger partial charge in [0.1, 0.15) is 0 Å². The fourth-order valence-corrected chi connectivity index (χ4v) is 2.41. The van der Waals surface area contributed by atoms with Crippen molar-refractivity contribution in [3.05, 3.63) is 17.5 Å². The molecule has 2 heterocycles. The molecular formula is C11H14ClN3O. The predicted octanol–water partition coefficient (Wildman–Crippen LogP) is 2.11. The van der Waals surface area contributed by atoms with Crippen LogP contribution in [0, 0.1) is 5.92 Å². The average molecular weight is 240 g/mol. The molecule has 1 aromatic rings. The molecule has 16 heavy (non-hydrogen) atoms. The predicted molar refractivity (Wildman–Crippen MR) is 61.5 cm³/mol. The summed E-state index contributed by atoms with van der Waals surface area (Å²) < 4.78 is 5.75. The maximum atomic E-state index is 5.97. The summed E-state index contributed by atoms with van der Waals surface area (Å²) in [4.78, 5) is 8.20. The molecule has 1 saturated heterocycles. The molecule has 1 aromatic heterocycles. The number of ether oxygens (including phenoxy) is 1. The zero-order valence-corrected chi connectivity index (χ0v) is 9.65. The molecule has 0 amide bonds. The van der Waals surface area contributed by atoms with Crippen molar-refractivity contribution in [1.29, 1.82) is 0 Å². The number of nitrogens with one attached hydrogen (secondary N) is 1. The summed E-state index contributed by atoms with van der Waals surface area (Å²) in [5.74, 6) is 1.40. The van der Waals surface area contributed by atoms with Crippen LogP contribution in [0.1, 0.15) is 19.3 Å². The Hall–Kier alpha value is -0.870. The fourth-order valence-electron chi connectivity index (χ4n) is 2.25. The van der Waals surface area contributed by atoms with Gasteiger partial charge in [-0.15, -0.1) is 0 Å². The van der Waals surface area contributed by atoms with Crippen LogP contribution in [0.15, 0.2) is 12.4 Å². The van der Waals surface area contributed by atoms with Crippen LogP contribution >= 0.6 is 11.6 Å². The Morgan fingerprint density at radius 2 is 2.06 bits per heavy atom. The lowest BCUT2D eigenvalue weighted by atomic mass is 10.1. The molecule has 1 saturated carbocycles. The van der Waals surface area contributed by atoms with Crippen LogP contribution in [0.25, 0.3) is 0 Å². The molecule has 4 nitrogen and oxygen atoms in total. The van der Waals surface area contributed by atoms with Gasteiger partial charge >= 0.3 is 0 Å². The van der Waals surface area contributed by atoms with E-state index in [2.05, 4.69) is 15.3 Å². The molecule has 1 N–H and O–H groups in total. The molecule has 1 aliphatic heterocycles. The Morgan fingerprint density at radius 1 is 1.25 bits per heavy atom. The number of halogens is 1. The lowest BCUT2D eigenvalue weighted by Gasteiger charge is -2.20.